The Morgan fingerprint density at radius 2 is 1.58 bits per heavy atom. The highest BCUT2D eigenvalue weighted by Gasteiger charge is 2.56. The van der Waals surface area contributed by atoms with Crippen molar-refractivity contribution in [3.63, 3.8) is 0 Å². The molecule has 6 rings (SSSR count). The van der Waals surface area contributed by atoms with Gasteiger partial charge in [-0.15, -0.1) is 0 Å². The van der Waals surface area contributed by atoms with Gasteiger partial charge < -0.3 is 10.1 Å². The molecule has 1 aromatic heterocycles. The van der Waals surface area contributed by atoms with Crippen molar-refractivity contribution in [2.24, 2.45) is 5.92 Å². The minimum atomic E-state index is -0.739. The van der Waals surface area contributed by atoms with Crippen LogP contribution in [0.15, 0.2) is 88.7 Å². The number of carbonyl (C=O) groups excluding carboxylic acids is 3. The van der Waals surface area contributed by atoms with E-state index in [9.17, 15) is 19.2 Å². The van der Waals surface area contributed by atoms with Gasteiger partial charge in [0.1, 0.15) is 17.5 Å². The molecule has 3 unspecified atom stereocenters. The number of ether oxygens (including phenoxy) is 1. The van der Waals surface area contributed by atoms with Crippen molar-refractivity contribution in [2.45, 2.75) is 48.9 Å². The lowest BCUT2D eigenvalue weighted by molar-refractivity contribution is -0.122. The number of carbonyl (C=O) groups is 3. The van der Waals surface area contributed by atoms with Crippen molar-refractivity contribution in [2.75, 3.05) is 17.3 Å². The van der Waals surface area contributed by atoms with Crippen LogP contribution in [0.4, 0.5) is 11.4 Å². The molecule has 1 saturated heterocycles. The summed E-state index contributed by atoms with van der Waals surface area (Å²) in [4.78, 5) is 56.1. The van der Waals surface area contributed by atoms with Gasteiger partial charge in [0, 0.05) is 16.5 Å². The zero-order valence-corrected chi connectivity index (χ0v) is 25.8. The Labute approximate surface area is 257 Å². The monoisotopic (exact) mass is 613 g/mol. The van der Waals surface area contributed by atoms with Crippen LogP contribution in [0.25, 0.3) is 0 Å². The summed E-state index contributed by atoms with van der Waals surface area (Å²) in [6.07, 6.45) is 0. The van der Waals surface area contributed by atoms with Crippen LogP contribution < -0.4 is 19.8 Å². The normalized spacial score (nSPS) is 19.6. The molecule has 4 aromatic rings. The van der Waals surface area contributed by atoms with E-state index in [1.807, 2.05) is 30.3 Å². The second kappa shape index (κ2) is 11.2. The maximum atomic E-state index is 14.0. The number of benzene rings is 3. The van der Waals surface area contributed by atoms with Crippen LogP contribution in [-0.2, 0) is 26.3 Å². The Balaban J connectivity index is 1.40. The first-order valence-corrected chi connectivity index (χ1v) is 15.6. The molecular weight excluding hydrogens is 583 g/mol. The Bertz CT molecular complexity index is 1760. The highest BCUT2D eigenvalue weighted by Crippen LogP contribution is 2.54. The van der Waals surface area contributed by atoms with Crippen LogP contribution in [-0.4, -0.2) is 34.6 Å². The smallest absolute Gasteiger partial charge is 0.308 e. The van der Waals surface area contributed by atoms with Gasteiger partial charge in [0.25, 0.3) is 0 Å². The fourth-order valence-electron chi connectivity index (χ4n) is 5.65. The number of rotatable bonds is 6. The number of methoxy groups -OCH3 is 1. The van der Waals surface area contributed by atoms with Crippen molar-refractivity contribution < 1.29 is 19.1 Å². The number of thioether (sulfide) groups is 1. The van der Waals surface area contributed by atoms with Crippen LogP contribution in [0.2, 0.25) is 0 Å². The summed E-state index contributed by atoms with van der Waals surface area (Å²) in [5, 5.41) is 2.65. The summed E-state index contributed by atoms with van der Waals surface area (Å²) < 4.78 is 6.61. The highest BCUT2D eigenvalue weighted by atomic mass is 32.2. The predicted molar refractivity (Wildman–Crippen MR) is 169 cm³/mol. The van der Waals surface area contributed by atoms with Gasteiger partial charge in [-0.1, -0.05) is 86.3 Å². The summed E-state index contributed by atoms with van der Waals surface area (Å²) >= 11 is 2.25. The number of fused-ring (bicyclic) bond motifs is 2. The van der Waals surface area contributed by atoms with Crippen LogP contribution >= 0.6 is 23.1 Å². The van der Waals surface area contributed by atoms with Crippen LogP contribution in [0, 0.1) is 5.92 Å². The lowest BCUT2D eigenvalue weighted by Gasteiger charge is -2.31. The van der Waals surface area contributed by atoms with Crippen LogP contribution in [0.1, 0.15) is 42.7 Å². The number of nitrogens with zero attached hydrogens (tertiary/aromatic N) is 2. The molecule has 0 spiro atoms. The van der Waals surface area contributed by atoms with E-state index < -0.39 is 17.1 Å². The van der Waals surface area contributed by atoms with Gasteiger partial charge in [-0.25, -0.2) is 4.90 Å². The number of amides is 3. The average molecular weight is 614 g/mol. The summed E-state index contributed by atoms with van der Waals surface area (Å²) in [5.41, 5.74) is 3.02. The van der Waals surface area contributed by atoms with E-state index in [4.69, 9.17) is 4.74 Å². The third-order valence-corrected chi connectivity index (χ3v) is 10.5. The molecule has 8 nitrogen and oxygen atoms in total. The molecule has 3 aromatic carbocycles. The van der Waals surface area contributed by atoms with Gasteiger partial charge in [-0.05, 0) is 52.9 Å². The lowest BCUT2D eigenvalue weighted by atomic mass is 9.81. The maximum Gasteiger partial charge on any atom is 0.308 e. The number of hydrogen-bond acceptors (Lipinski definition) is 7. The Hall–Kier alpha value is -4.15. The number of hydrogen-bond donors (Lipinski definition) is 1. The molecule has 0 saturated carbocycles. The van der Waals surface area contributed by atoms with E-state index in [2.05, 4.69) is 26.1 Å². The highest BCUT2D eigenvalue weighted by molar-refractivity contribution is 8.00. The number of imide groups is 1. The zero-order valence-electron chi connectivity index (χ0n) is 24.2. The number of para-hydroxylation sites is 1. The van der Waals surface area contributed by atoms with Crippen LogP contribution in [0.3, 0.4) is 0 Å². The van der Waals surface area contributed by atoms with Gasteiger partial charge in [0.05, 0.1) is 23.7 Å². The molecule has 1 N–H and O–H groups in total. The molecule has 220 valence electrons. The molecule has 3 amide bonds. The molecule has 10 heteroatoms. The molecule has 3 heterocycles. The van der Waals surface area contributed by atoms with Crippen molar-refractivity contribution in [3.05, 3.63) is 105 Å². The Kier molecular flexibility index (Phi) is 7.52. The third-order valence-electron chi connectivity index (χ3n) is 7.87. The first kappa shape index (κ1) is 28.9. The minimum Gasteiger partial charge on any atom is -0.497 e. The van der Waals surface area contributed by atoms with E-state index in [0.29, 0.717) is 27.0 Å². The number of nitrogens with one attached hydrogen (secondary N) is 1. The average Bonchev–Trinajstić information content (AvgIpc) is 3.43. The van der Waals surface area contributed by atoms with Gasteiger partial charge in [0.15, 0.2) is 0 Å². The van der Waals surface area contributed by atoms with Gasteiger partial charge in [0.2, 0.25) is 17.7 Å². The molecule has 1 fully saturated rings. The molecule has 2 aliphatic rings. The Morgan fingerprint density at radius 3 is 2.21 bits per heavy atom. The second-order valence-electron chi connectivity index (χ2n) is 11.7. The lowest BCUT2D eigenvalue weighted by Crippen LogP contribution is -2.33. The second-order valence-corrected chi connectivity index (χ2v) is 13.8. The van der Waals surface area contributed by atoms with E-state index in [1.54, 1.807) is 55.6 Å². The van der Waals surface area contributed by atoms with E-state index >= 15 is 0 Å². The molecule has 0 bridgehead atoms. The fraction of sp³-hybridized carbons (Fsp3) is 0.273. The topological polar surface area (TPSA) is 97.7 Å². The summed E-state index contributed by atoms with van der Waals surface area (Å²) in [5.74, 6) is -1.51. The van der Waals surface area contributed by atoms with Crippen molar-refractivity contribution in [1.82, 2.24) is 4.57 Å². The number of anilines is 2. The largest absolute Gasteiger partial charge is 0.497 e. The van der Waals surface area contributed by atoms with Crippen molar-refractivity contribution >= 4 is 52.2 Å². The number of thiazole rings is 1. The van der Waals surface area contributed by atoms with Crippen LogP contribution in [0.5, 0.6) is 5.75 Å². The SMILES string of the molecule is COc1ccc(NC(=O)Cn2c3c(sc2=O)C(c2ccc(C(C)(C)C)cc2)C2C(=O)N(c4ccccc4)C(=O)C2S3)cc1. The summed E-state index contributed by atoms with van der Waals surface area (Å²) in [6.45, 7) is 6.18. The van der Waals surface area contributed by atoms with Gasteiger partial charge in [-0.2, -0.15) is 0 Å². The standard InChI is InChI=1S/C33H31N3O5S2/c1-33(2,3)20-12-10-19(11-13-20)25-26-27(30(39)36(29(26)38)22-8-6-5-7-9-22)42-31-28(25)43-32(40)35(31)18-24(37)34-21-14-16-23(41-4)17-15-21/h5-17,25-27H,18H2,1-4H3,(H,34,37). The third kappa shape index (κ3) is 5.29. The summed E-state index contributed by atoms with van der Waals surface area (Å²) in [6, 6.07) is 23.9. The quantitative estimate of drug-likeness (QED) is 0.282. The first-order valence-electron chi connectivity index (χ1n) is 13.9. The number of aromatic nitrogens is 1. The van der Waals surface area contributed by atoms with Crippen molar-refractivity contribution in [1.29, 1.82) is 0 Å². The molecule has 0 aliphatic carbocycles. The zero-order chi connectivity index (χ0) is 30.5. The molecular formula is C33H31N3O5S2. The van der Waals surface area contributed by atoms with Gasteiger partial charge >= 0.3 is 4.87 Å². The minimum absolute atomic E-state index is 0.0662. The molecule has 0 radical (unpaired) electrons. The first-order chi connectivity index (χ1) is 20.6. The van der Waals surface area contributed by atoms with E-state index in [1.165, 1.54) is 21.2 Å². The van der Waals surface area contributed by atoms with Gasteiger partial charge in [-0.3, -0.25) is 23.7 Å². The molecule has 3 atom stereocenters. The fourth-order valence-corrected chi connectivity index (χ4v) is 8.43. The summed E-state index contributed by atoms with van der Waals surface area (Å²) in [7, 11) is 1.57. The predicted octanol–water partition coefficient (Wildman–Crippen LogP) is 5.65. The molecule has 2 aliphatic heterocycles. The van der Waals surface area contributed by atoms with Crippen molar-refractivity contribution in [3.8, 4) is 5.75 Å². The molecule has 43 heavy (non-hydrogen) atoms. The van der Waals surface area contributed by atoms with E-state index in [-0.39, 0.29) is 34.6 Å². The maximum absolute atomic E-state index is 14.0. The Morgan fingerprint density at radius 1 is 0.907 bits per heavy atom. The van der Waals surface area contributed by atoms with E-state index in [0.717, 1.165) is 22.5 Å².